The van der Waals surface area contributed by atoms with E-state index in [0.29, 0.717) is 19.8 Å². The first kappa shape index (κ1) is 15.4. The average Bonchev–Trinajstić information content (AvgIpc) is 2.26. The third-order valence-corrected chi connectivity index (χ3v) is 2.53. The summed E-state index contributed by atoms with van der Waals surface area (Å²) in [6.07, 6.45) is 1.98. The van der Waals surface area contributed by atoms with Gasteiger partial charge in [0, 0.05) is 13.2 Å². The first-order chi connectivity index (χ1) is 7.65. The molecule has 0 aromatic heterocycles. The van der Waals surface area contributed by atoms with Gasteiger partial charge in [0.05, 0.1) is 19.8 Å². The molecule has 0 bridgehead atoms. The second kappa shape index (κ2) is 9.60. The van der Waals surface area contributed by atoms with Crippen LogP contribution in [0.3, 0.4) is 0 Å². The quantitative estimate of drug-likeness (QED) is 0.447. The van der Waals surface area contributed by atoms with Crippen LogP contribution in [0.2, 0.25) is 0 Å². The van der Waals surface area contributed by atoms with Gasteiger partial charge in [0.15, 0.2) is 0 Å². The Labute approximate surface area is 98.9 Å². The third kappa shape index (κ3) is 6.80. The summed E-state index contributed by atoms with van der Waals surface area (Å²) in [6, 6.07) is 0.244. The Kier molecular flexibility index (Phi) is 9.24. The molecule has 0 saturated carbocycles. The second-order valence-electron chi connectivity index (χ2n) is 3.94. The first-order valence-corrected chi connectivity index (χ1v) is 6.04. The van der Waals surface area contributed by atoms with E-state index in [1.165, 1.54) is 0 Å². The maximum atomic E-state index is 11.5. The number of esters is 1. The van der Waals surface area contributed by atoms with Crippen molar-refractivity contribution in [3.8, 4) is 0 Å². The summed E-state index contributed by atoms with van der Waals surface area (Å²) in [5.41, 5.74) is 0. The van der Waals surface area contributed by atoms with Crippen LogP contribution < -0.4 is 0 Å². The lowest BCUT2D eigenvalue weighted by atomic mass is 10.3. The van der Waals surface area contributed by atoms with Gasteiger partial charge in [0.25, 0.3) is 0 Å². The Morgan fingerprint density at radius 1 is 1.38 bits per heavy atom. The molecular formula is C12H25NO3. The highest BCUT2D eigenvalue weighted by molar-refractivity contribution is 5.71. The van der Waals surface area contributed by atoms with Crippen LogP contribution >= 0.6 is 0 Å². The molecule has 0 aromatic carbocycles. The van der Waals surface area contributed by atoms with E-state index in [0.717, 1.165) is 19.4 Å². The van der Waals surface area contributed by atoms with Crippen LogP contribution in [0.1, 0.15) is 33.6 Å². The molecule has 1 atom stereocenters. The van der Waals surface area contributed by atoms with Crippen molar-refractivity contribution in [3.63, 3.8) is 0 Å². The summed E-state index contributed by atoms with van der Waals surface area (Å²) in [5.74, 6) is -0.141. The number of unbranched alkanes of at least 4 members (excludes halogenated alkanes) is 1. The molecular weight excluding hydrogens is 206 g/mol. The minimum atomic E-state index is -0.141. The Bertz CT molecular complexity index is 185. The van der Waals surface area contributed by atoms with E-state index in [-0.39, 0.29) is 12.0 Å². The summed E-state index contributed by atoms with van der Waals surface area (Å²) in [7, 11) is 1.67. The molecule has 0 rings (SSSR count). The number of hydrogen-bond acceptors (Lipinski definition) is 4. The molecule has 0 N–H and O–H groups in total. The minimum absolute atomic E-state index is 0.141. The fourth-order valence-electron chi connectivity index (χ4n) is 1.47. The second-order valence-corrected chi connectivity index (χ2v) is 3.94. The molecule has 0 aliphatic heterocycles. The van der Waals surface area contributed by atoms with Crippen LogP contribution in [0, 0.1) is 0 Å². The predicted octanol–water partition coefficient (Wildman–Crippen LogP) is 1.69. The lowest BCUT2D eigenvalue weighted by molar-refractivity contribution is -0.145. The van der Waals surface area contributed by atoms with Crippen LogP contribution in [-0.4, -0.2) is 50.3 Å². The van der Waals surface area contributed by atoms with Gasteiger partial charge in [-0.3, -0.25) is 9.69 Å². The van der Waals surface area contributed by atoms with Gasteiger partial charge in [0.1, 0.15) is 0 Å². The van der Waals surface area contributed by atoms with Gasteiger partial charge in [-0.1, -0.05) is 20.3 Å². The summed E-state index contributed by atoms with van der Waals surface area (Å²) in [4.78, 5) is 13.5. The Balaban J connectivity index is 3.86. The van der Waals surface area contributed by atoms with Crippen LogP contribution in [-0.2, 0) is 14.3 Å². The van der Waals surface area contributed by atoms with E-state index < -0.39 is 0 Å². The molecule has 96 valence electrons. The number of hydrogen-bond donors (Lipinski definition) is 0. The molecule has 0 amide bonds. The number of carbonyl (C=O) groups is 1. The zero-order valence-corrected chi connectivity index (χ0v) is 11.0. The van der Waals surface area contributed by atoms with Gasteiger partial charge in [-0.05, 0) is 19.9 Å². The molecule has 0 aromatic rings. The smallest absolute Gasteiger partial charge is 0.320 e. The van der Waals surface area contributed by atoms with Gasteiger partial charge in [-0.25, -0.2) is 0 Å². The summed E-state index contributed by atoms with van der Waals surface area (Å²) in [5, 5.41) is 0. The van der Waals surface area contributed by atoms with E-state index in [1.54, 1.807) is 7.11 Å². The molecule has 1 unspecified atom stereocenters. The number of carbonyl (C=O) groups excluding carboxylic acids is 1. The summed E-state index contributed by atoms with van der Waals surface area (Å²) >= 11 is 0. The highest BCUT2D eigenvalue weighted by Gasteiger charge is 2.15. The number of likely N-dealkylation sites (N-methyl/N-ethyl adjacent to an activating group) is 1. The number of rotatable bonds is 9. The van der Waals surface area contributed by atoms with Gasteiger partial charge < -0.3 is 9.47 Å². The van der Waals surface area contributed by atoms with Crippen molar-refractivity contribution in [3.05, 3.63) is 0 Å². The molecule has 0 fully saturated rings. The number of ether oxygens (including phenoxy) is 2. The summed E-state index contributed by atoms with van der Waals surface area (Å²) in [6.45, 7) is 8.50. The van der Waals surface area contributed by atoms with Crippen LogP contribution in [0.5, 0.6) is 0 Å². The van der Waals surface area contributed by atoms with Crippen molar-refractivity contribution in [2.45, 2.75) is 39.7 Å². The highest BCUT2D eigenvalue weighted by atomic mass is 16.5. The third-order valence-electron chi connectivity index (χ3n) is 2.53. The lowest BCUT2D eigenvalue weighted by Gasteiger charge is -2.26. The molecule has 0 aliphatic carbocycles. The van der Waals surface area contributed by atoms with Gasteiger partial charge in [-0.2, -0.15) is 0 Å². The monoisotopic (exact) mass is 231 g/mol. The SMILES string of the molecule is CCCCOC(=O)CN(CC)C(C)COC. The zero-order valence-electron chi connectivity index (χ0n) is 11.0. The molecule has 0 heterocycles. The Morgan fingerprint density at radius 2 is 2.06 bits per heavy atom. The topological polar surface area (TPSA) is 38.8 Å². The molecule has 4 heteroatoms. The molecule has 0 saturated heterocycles. The van der Waals surface area contributed by atoms with E-state index in [9.17, 15) is 4.79 Å². The molecule has 0 aliphatic rings. The minimum Gasteiger partial charge on any atom is -0.465 e. The van der Waals surface area contributed by atoms with E-state index in [4.69, 9.17) is 9.47 Å². The van der Waals surface area contributed by atoms with Crippen molar-refractivity contribution in [1.29, 1.82) is 0 Å². The number of nitrogens with zero attached hydrogens (tertiary/aromatic N) is 1. The van der Waals surface area contributed by atoms with Gasteiger partial charge in [-0.15, -0.1) is 0 Å². The maximum Gasteiger partial charge on any atom is 0.320 e. The fraction of sp³-hybridized carbons (Fsp3) is 0.917. The Morgan fingerprint density at radius 3 is 2.56 bits per heavy atom. The van der Waals surface area contributed by atoms with Crippen molar-refractivity contribution in [2.75, 3.05) is 33.4 Å². The maximum absolute atomic E-state index is 11.5. The van der Waals surface area contributed by atoms with Crippen molar-refractivity contribution in [2.24, 2.45) is 0 Å². The highest BCUT2D eigenvalue weighted by Crippen LogP contribution is 2.00. The Hall–Kier alpha value is -0.610. The standard InChI is InChI=1S/C12H25NO3/c1-5-7-8-16-12(14)9-13(6-2)11(3)10-15-4/h11H,5-10H2,1-4H3. The largest absolute Gasteiger partial charge is 0.465 e. The lowest BCUT2D eigenvalue weighted by Crippen LogP contribution is -2.40. The van der Waals surface area contributed by atoms with E-state index in [2.05, 4.69) is 11.8 Å². The van der Waals surface area contributed by atoms with Gasteiger partial charge >= 0.3 is 5.97 Å². The average molecular weight is 231 g/mol. The van der Waals surface area contributed by atoms with Crippen LogP contribution in [0.15, 0.2) is 0 Å². The van der Waals surface area contributed by atoms with Gasteiger partial charge in [0.2, 0.25) is 0 Å². The molecule has 0 spiro atoms. The van der Waals surface area contributed by atoms with Crippen molar-refractivity contribution < 1.29 is 14.3 Å². The van der Waals surface area contributed by atoms with Crippen LogP contribution in [0.4, 0.5) is 0 Å². The normalized spacial score (nSPS) is 12.8. The van der Waals surface area contributed by atoms with Crippen molar-refractivity contribution >= 4 is 5.97 Å². The summed E-state index contributed by atoms with van der Waals surface area (Å²) < 4.78 is 10.2. The zero-order chi connectivity index (χ0) is 12.4. The molecule has 16 heavy (non-hydrogen) atoms. The van der Waals surface area contributed by atoms with E-state index >= 15 is 0 Å². The number of methoxy groups -OCH3 is 1. The fourth-order valence-corrected chi connectivity index (χ4v) is 1.47. The first-order valence-electron chi connectivity index (χ1n) is 6.04. The van der Waals surface area contributed by atoms with E-state index in [1.807, 2.05) is 13.8 Å². The molecule has 0 radical (unpaired) electrons. The predicted molar refractivity (Wildman–Crippen MR) is 64.5 cm³/mol. The molecule has 4 nitrogen and oxygen atoms in total. The van der Waals surface area contributed by atoms with Crippen LogP contribution in [0.25, 0.3) is 0 Å². The van der Waals surface area contributed by atoms with Crippen molar-refractivity contribution in [1.82, 2.24) is 4.90 Å².